The van der Waals surface area contributed by atoms with Gasteiger partial charge in [-0.05, 0) is 0 Å². The number of rotatable bonds is 3. The highest BCUT2D eigenvalue weighted by atomic mass is 19.1. The zero-order chi connectivity index (χ0) is 10.3. The third kappa shape index (κ3) is 4.22. The van der Waals surface area contributed by atoms with E-state index in [0.717, 1.165) is 5.69 Å². The van der Waals surface area contributed by atoms with E-state index in [9.17, 15) is 9.18 Å². The summed E-state index contributed by atoms with van der Waals surface area (Å²) in [5.74, 6) is -1.00. The van der Waals surface area contributed by atoms with Crippen molar-refractivity contribution in [3.05, 3.63) is 18.2 Å². The Hall–Kier alpha value is -1.43. The summed E-state index contributed by atoms with van der Waals surface area (Å²) in [7, 11) is 0.500. The van der Waals surface area contributed by atoms with Crippen LogP contribution in [0.15, 0.2) is 12.5 Å². The van der Waals surface area contributed by atoms with Crippen molar-refractivity contribution in [1.82, 2.24) is 9.97 Å². The standard InChI is InChI=1S/C6H9N3O2.CH3F/c7-5(6(10)11)1-4-2-8-3-9-4;1-2/h2-3,5H,1,7H2,(H,8,9)(H,10,11);1H3. The van der Waals surface area contributed by atoms with Gasteiger partial charge >= 0.3 is 5.97 Å². The Labute approximate surface area is 74.8 Å². The number of hydrogen-bond acceptors (Lipinski definition) is 3. The molecule has 0 radical (unpaired) electrons. The molecule has 0 aliphatic rings. The number of nitrogens with zero attached hydrogens (tertiary/aromatic N) is 1. The molecule has 0 aliphatic heterocycles. The van der Waals surface area contributed by atoms with Gasteiger partial charge in [0.25, 0.3) is 0 Å². The van der Waals surface area contributed by atoms with Crippen molar-refractivity contribution in [3.8, 4) is 0 Å². The zero-order valence-electron chi connectivity index (χ0n) is 7.20. The van der Waals surface area contributed by atoms with Crippen LogP contribution in [-0.2, 0) is 11.2 Å². The van der Waals surface area contributed by atoms with Crippen LogP contribution < -0.4 is 5.73 Å². The molecular weight excluding hydrogens is 177 g/mol. The maximum atomic E-state index is 10.3. The van der Waals surface area contributed by atoms with E-state index in [1.807, 2.05) is 0 Å². The first-order chi connectivity index (χ1) is 6.20. The Balaban J connectivity index is 0.000000671. The molecule has 1 heterocycles. The molecule has 0 saturated carbocycles. The molecule has 1 aromatic rings. The third-order valence-electron chi connectivity index (χ3n) is 1.31. The number of aromatic amines is 1. The lowest BCUT2D eigenvalue weighted by Gasteiger charge is -2.02. The minimum atomic E-state index is -1.00. The second-order valence-corrected chi connectivity index (χ2v) is 2.23. The van der Waals surface area contributed by atoms with Crippen molar-refractivity contribution in [2.45, 2.75) is 12.5 Å². The average molecular weight is 189 g/mol. The summed E-state index contributed by atoms with van der Waals surface area (Å²) in [6.07, 6.45) is 3.34. The van der Waals surface area contributed by atoms with Crippen molar-refractivity contribution in [3.63, 3.8) is 0 Å². The van der Waals surface area contributed by atoms with Gasteiger partial charge in [-0.25, -0.2) is 4.98 Å². The number of alkyl halides is 1. The largest absolute Gasteiger partial charge is 0.480 e. The van der Waals surface area contributed by atoms with E-state index < -0.39 is 12.0 Å². The Bertz CT molecular complexity index is 238. The van der Waals surface area contributed by atoms with Crippen LogP contribution in [0.5, 0.6) is 0 Å². The van der Waals surface area contributed by atoms with Gasteiger partial charge in [0.2, 0.25) is 0 Å². The van der Waals surface area contributed by atoms with Gasteiger partial charge in [-0.1, -0.05) is 0 Å². The Kier molecular flexibility index (Phi) is 5.45. The zero-order valence-corrected chi connectivity index (χ0v) is 7.20. The number of aliphatic carboxylic acids is 1. The van der Waals surface area contributed by atoms with Gasteiger partial charge in [-0.15, -0.1) is 0 Å². The first-order valence-electron chi connectivity index (χ1n) is 3.53. The van der Waals surface area contributed by atoms with Crippen LogP contribution in [-0.4, -0.2) is 34.3 Å². The normalized spacial score (nSPS) is 11.3. The van der Waals surface area contributed by atoms with Crippen molar-refractivity contribution in [2.75, 3.05) is 7.18 Å². The average Bonchev–Trinajstić information content (AvgIpc) is 2.60. The van der Waals surface area contributed by atoms with Crippen molar-refractivity contribution in [2.24, 2.45) is 5.73 Å². The molecule has 5 nitrogen and oxygen atoms in total. The highest BCUT2D eigenvalue weighted by Gasteiger charge is 2.11. The number of carbonyl (C=O) groups is 1. The number of carboxylic acids is 1. The Morgan fingerprint density at radius 3 is 2.85 bits per heavy atom. The van der Waals surface area contributed by atoms with Gasteiger partial charge in [-0.2, -0.15) is 0 Å². The molecule has 1 aromatic heterocycles. The van der Waals surface area contributed by atoms with Crippen molar-refractivity contribution in [1.29, 1.82) is 0 Å². The smallest absolute Gasteiger partial charge is 0.320 e. The topological polar surface area (TPSA) is 92.0 Å². The predicted molar refractivity (Wildman–Crippen MR) is 44.9 cm³/mol. The molecule has 74 valence electrons. The van der Waals surface area contributed by atoms with Crippen LogP contribution in [0, 0.1) is 0 Å². The molecule has 0 bridgehead atoms. The molecule has 0 saturated heterocycles. The molecule has 1 rings (SSSR count). The van der Waals surface area contributed by atoms with Crippen molar-refractivity contribution < 1.29 is 14.3 Å². The lowest BCUT2D eigenvalue weighted by molar-refractivity contribution is -0.138. The summed E-state index contributed by atoms with van der Waals surface area (Å²) in [5.41, 5.74) is 6.00. The number of halogens is 1. The Morgan fingerprint density at radius 2 is 2.46 bits per heavy atom. The number of nitrogens with one attached hydrogen (secondary N) is 1. The molecule has 0 aromatic carbocycles. The van der Waals surface area contributed by atoms with Crippen molar-refractivity contribution >= 4 is 5.97 Å². The summed E-state index contributed by atoms with van der Waals surface area (Å²) in [6.45, 7) is 0. The second kappa shape index (κ2) is 6.13. The van der Waals surface area contributed by atoms with Gasteiger partial charge in [0.05, 0.1) is 13.5 Å². The molecule has 0 amide bonds. The fourth-order valence-corrected chi connectivity index (χ4v) is 0.721. The van der Waals surface area contributed by atoms with E-state index in [1.54, 1.807) is 6.20 Å². The number of nitrogens with two attached hydrogens (primary N) is 1. The second-order valence-electron chi connectivity index (χ2n) is 2.23. The molecule has 0 fully saturated rings. The Morgan fingerprint density at radius 1 is 1.85 bits per heavy atom. The maximum absolute atomic E-state index is 10.3. The first kappa shape index (κ1) is 11.6. The number of aromatic nitrogens is 2. The monoisotopic (exact) mass is 189 g/mol. The van der Waals surface area contributed by atoms with Crippen LogP contribution in [0.4, 0.5) is 4.39 Å². The quantitative estimate of drug-likeness (QED) is 0.621. The highest BCUT2D eigenvalue weighted by Crippen LogP contribution is 1.95. The summed E-state index contributed by atoms with van der Waals surface area (Å²) in [4.78, 5) is 16.8. The molecule has 13 heavy (non-hydrogen) atoms. The van der Waals surface area contributed by atoms with E-state index in [4.69, 9.17) is 10.8 Å². The summed E-state index contributed by atoms with van der Waals surface area (Å²) >= 11 is 0. The van der Waals surface area contributed by atoms with E-state index >= 15 is 0 Å². The van der Waals surface area contributed by atoms with Crippen LogP contribution in [0.3, 0.4) is 0 Å². The van der Waals surface area contributed by atoms with Crippen LogP contribution in [0.25, 0.3) is 0 Å². The first-order valence-corrected chi connectivity index (χ1v) is 3.53. The number of hydrogen-bond donors (Lipinski definition) is 3. The summed E-state index contributed by atoms with van der Waals surface area (Å²) < 4.78 is 9.50. The van der Waals surface area contributed by atoms with Crippen LogP contribution in [0.2, 0.25) is 0 Å². The van der Waals surface area contributed by atoms with Gasteiger partial charge in [0, 0.05) is 18.3 Å². The summed E-state index contributed by atoms with van der Waals surface area (Å²) in [5, 5.41) is 8.42. The molecule has 1 unspecified atom stereocenters. The lowest BCUT2D eigenvalue weighted by Crippen LogP contribution is -2.32. The van der Waals surface area contributed by atoms with E-state index in [-0.39, 0.29) is 6.42 Å². The van der Waals surface area contributed by atoms with Gasteiger partial charge < -0.3 is 15.8 Å². The van der Waals surface area contributed by atoms with Gasteiger partial charge in [0.15, 0.2) is 0 Å². The van der Waals surface area contributed by atoms with Gasteiger partial charge in [0.1, 0.15) is 6.04 Å². The third-order valence-corrected chi connectivity index (χ3v) is 1.31. The van der Waals surface area contributed by atoms with Crippen LogP contribution >= 0.6 is 0 Å². The van der Waals surface area contributed by atoms with E-state index in [0.29, 0.717) is 7.18 Å². The van der Waals surface area contributed by atoms with E-state index in [2.05, 4.69) is 9.97 Å². The predicted octanol–water partition coefficient (Wildman–Crippen LogP) is -0.0502. The molecular formula is C7H12FN3O2. The number of H-pyrrole nitrogens is 1. The van der Waals surface area contributed by atoms with Crippen LogP contribution in [0.1, 0.15) is 5.69 Å². The fourth-order valence-electron chi connectivity index (χ4n) is 0.721. The lowest BCUT2D eigenvalue weighted by atomic mass is 10.2. The number of imidazole rings is 1. The maximum Gasteiger partial charge on any atom is 0.320 e. The van der Waals surface area contributed by atoms with E-state index in [1.165, 1.54) is 6.33 Å². The minimum Gasteiger partial charge on any atom is -0.480 e. The minimum absolute atomic E-state index is 0.287. The molecule has 0 aliphatic carbocycles. The van der Waals surface area contributed by atoms with Gasteiger partial charge in [-0.3, -0.25) is 9.18 Å². The molecule has 6 heteroatoms. The molecule has 1 atom stereocenters. The number of carboxylic acid groups (broad SMARTS) is 1. The molecule has 0 spiro atoms. The fraction of sp³-hybridized carbons (Fsp3) is 0.429. The SMILES string of the molecule is CF.NC(Cc1cnc[nH]1)C(=O)O. The summed E-state index contributed by atoms with van der Waals surface area (Å²) in [6, 6.07) is -0.851. The highest BCUT2D eigenvalue weighted by molar-refractivity contribution is 5.73. The molecule has 4 N–H and O–H groups in total.